The molecule has 1 rings (SSSR count). The third kappa shape index (κ3) is 2.46. The van der Waals surface area contributed by atoms with E-state index in [0.29, 0.717) is 12.0 Å². The van der Waals surface area contributed by atoms with Crippen LogP contribution in [-0.4, -0.2) is 24.4 Å². The molecule has 0 amide bonds. The van der Waals surface area contributed by atoms with Gasteiger partial charge in [-0.3, -0.25) is 0 Å². The summed E-state index contributed by atoms with van der Waals surface area (Å²) in [5, 5.41) is 9.48. The Morgan fingerprint density at radius 1 is 1.55 bits per heavy atom. The van der Waals surface area contributed by atoms with Crippen LogP contribution < -0.4 is 0 Å². The maximum absolute atomic E-state index is 9.48. The highest BCUT2D eigenvalue weighted by Crippen LogP contribution is 2.29. The SMILES string of the molecule is COC(C)CC1CCCC1O. The van der Waals surface area contributed by atoms with E-state index in [1.807, 2.05) is 0 Å². The fraction of sp³-hybridized carbons (Fsp3) is 1.00. The molecule has 0 aliphatic heterocycles. The molecule has 1 fully saturated rings. The van der Waals surface area contributed by atoms with E-state index in [1.165, 1.54) is 12.8 Å². The highest BCUT2D eigenvalue weighted by atomic mass is 16.5. The van der Waals surface area contributed by atoms with Crippen LogP contribution in [0, 0.1) is 5.92 Å². The molecule has 66 valence electrons. The van der Waals surface area contributed by atoms with Crippen LogP contribution in [0.1, 0.15) is 32.6 Å². The van der Waals surface area contributed by atoms with Crippen molar-refractivity contribution < 1.29 is 9.84 Å². The molecular weight excluding hydrogens is 140 g/mol. The second kappa shape index (κ2) is 4.07. The number of methoxy groups -OCH3 is 1. The van der Waals surface area contributed by atoms with Crippen molar-refractivity contribution in [3.8, 4) is 0 Å². The molecule has 0 spiro atoms. The molecule has 2 heteroatoms. The minimum atomic E-state index is -0.0624. The number of rotatable bonds is 3. The molecule has 0 heterocycles. The maximum atomic E-state index is 9.48. The first-order valence-corrected chi connectivity index (χ1v) is 4.45. The maximum Gasteiger partial charge on any atom is 0.0569 e. The zero-order valence-corrected chi connectivity index (χ0v) is 7.42. The lowest BCUT2D eigenvalue weighted by atomic mass is 9.99. The molecule has 0 aromatic rings. The number of ether oxygens (including phenoxy) is 1. The molecule has 1 N–H and O–H groups in total. The third-order valence-electron chi connectivity index (χ3n) is 2.66. The van der Waals surface area contributed by atoms with Crippen LogP contribution in [0.2, 0.25) is 0 Å². The van der Waals surface area contributed by atoms with Crippen molar-refractivity contribution in [3.63, 3.8) is 0 Å². The van der Waals surface area contributed by atoms with E-state index in [1.54, 1.807) is 7.11 Å². The average molecular weight is 158 g/mol. The first-order chi connectivity index (χ1) is 5.24. The minimum absolute atomic E-state index is 0.0624. The largest absolute Gasteiger partial charge is 0.393 e. The Labute approximate surface area is 68.6 Å². The lowest BCUT2D eigenvalue weighted by molar-refractivity contribution is 0.0594. The van der Waals surface area contributed by atoms with Gasteiger partial charge in [0.15, 0.2) is 0 Å². The number of aliphatic hydroxyl groups is 1. The highest BCUT2D eigenvalue weighted by molar-refractivity contribution is 4.77. The van der Waals surface area contributed by atoms with Gasteiger partial charge >= 0.3 is 0 Å². The molecule has 1 saturated carbocycles. The normalized spacial score (nSPS) is 34.1. The fourth-order valence-corrected chi connectivity index (χ4v) is 1.81. The van der Waals surface area contributed by atoms with Crippen molar-refractivity contribution in [2.24, 2.45) is 5.92 Å². The van der Waals surface area contributed by atoms with Crippen molar-refractivity contribution in [1.29, 1.82) is 0 Å². The summed E-state index contributed by atoms with van der Waals surface area (Å²) >= 11 is 0. The van der Waals surface area contributed by atoms with Crippen LogP contribution in [0.15, 0.2) is 0 Å². The van der Waals surface area contributed by atoms with Gasteiger partial charge in [-0.15, -0.1) is 0 Å². The standard InChI is InChI=1S/C9H18O2/c1-7(11-2)6-8-4-3-5-9(8)10/h7-10H,3-6H2,1-2H3. The second-order valence-electron chi connectivity index (χ2n) is 3.54. The third-order valence-corrected chi connectivity index (χ3v) is 2.66. The summed E-state index contributed by atoms with van der Waals surface area (Å²) in [7, 11) is 1.73. The van der Waals surface area contributed by atoms with Gasteiger partial charge in [-0.1, -0.05) is 6.42 Å². The Balaban J connectivity index is 2.24. The summed E-state index contributed by atoms with van der Waals surface area (Å²) in [5.74, 6) is 0.491. The summed E-state index contributed by atoms with van der Waals surface area (Å²) in [6.07, 6.45) is 4.59. The Morgan fingerprint density at radius 2 is 2.27 bits per heavy atom. The van der Waals surface area contributed by atoms with Gasteiger partial charge in [0.2, 0.25) is 0 Å². The van der Waals surface area contributed by atoms with Crippen LogP contribution >= 0.6 is 0 Å². The number of aliphatic hydroxyl groups excluding tert-OH is 1. The summed E-state index contributed by atoms with van der Waals surface area (Å²) in [6, 6.07) is 0. The van der Waals surface area contributed by atoms with E-state index in [2.05, 4.69) is 6.92 Å². The van der Waals surface area contributed by atoms with Crippen molar-refractivity contribution in [3.05, 3.63) is 0 Å². The van der Waals surface area contributed by atoms with E-state index < -0.39 is 0 Å². The molecule has 1 aliphatic rings. The van der Waals surface area contributed by atoms with E-state index in [4.69, 9.17) is 4.74 Å². The predicted molar refractivity (Wildman–Crippen MR) is 44.4 cm³/mol. The molecule has 3 unspecified atom stereocenters. The second-order valence-corrected chi connectivity index (χ2v) is 3.54. The van der Waals surface area contributed by atoms with Gasteiger partial charge in [-0.2, -0.15) is 0 Å². The summed E-state index contributed by atoms with van der Waals surface area (Å²) < 4.78 is 5.15. The van der Waals surface area contributed by atoms with Gasteiger partial charge < -0.3 is 9.84 Å². The van der Waals surface area contributed by atoms with E-state index in [9.17, 15) is 5.11 Å². The van der Waals surface area contributed by atoms with Gasteiger partial charge in [-0.25, -0.2) is 0 Å². The minimum Gasteiger partial charge on any atom is -0.393 e. The first-order valence-electron chi connectivity index (χ1n) is 4.45. The van der Waals surface area contributed by atoms with Gasteiger partial charge in [0.05, 0.1) is 12.2 Å². The van der Waals surface area contributed by atoms with Crippen LogP contribution in [0.25, 0.3) is 0 Å². The van der Waals surface area contributed by atoms with Gasteiger partial charge in [0.25, 0.3) is 0 Å². The molecular formula is C9H18O2. The predicted octanol–water partition coefficient (Wildman–Crippen LogP) is 1.57. The average Bonchev–Trinajstić information content (AvgIpc) is 2.37. The highest BCUT2D eigenvalue weighted by Gasteiger charge is 2.26. The van der Waals surface area contributed by atoms with Crippen LogP contribution in [0.3, 0.4) is 0 Å². The molecule has 11 heavy (non-hydrogen) atoms. The molecule has 2 nitrogen and oxygen atoms in total. The Kier molecular flexibility index (Phi) is 3.34. The van der Waals surface area contributed by atoms with Gasteiger partial charge in [0, 0.05) is 7.11 Å². The molecule has 1 aliphatic carbocycles. The Hall–Kier alpha value is -0.0800. The molecule has 0 aromatic carbocycles. The number of hydrogen-bond acceptors (Lipinski definition) is 2. The van der Waals surface area contributed by atoms with Gasteiger partial charge in [-0.05, 0) is 32.1 Å². The first kappa shape index (κ1) is 9.01. The fourth-order valence-electron chi connectivity index (χ4n) is 1.81. The molecule has 0 bridgehead atoms. The molecule has 0 saturated heterocycles. The van der Waals surface area contributed by atoms with Crippen molar-refractivity contribution in [2.45, 2.75) is 44.8 Å². The summed E-state index contributed by atoms with van der Waals surface area (Å²) in [4.78, 5) is 0. The molecule has 0 aromatic heterocycles. The molecule has 0 radical (unpaired) electrons. The number of hydrogen-bond donors (Lipinski definition) is 1. The summed E-state index contributed by atoms with van der Waals surface area (Å²) in [5.41, 5.74) is 0. The summed E-state index contributed by atoms with van der Waals surface area (Å²) in [6.45, 7) is 2.06. The monoisotopic (exact) mass is 158 g/mol. The zero-order chi connectivity index (χ0) is 8.27. The quantitative estimate of drug-likeness (QED) is 0.675. The molecule has 3 atom stereocenters. The van der Waals surface area contributed by atoms with Crippen molar-refractivity contribution in [2.75, 3.05) is 7.11 Å². The zero-order valence-electron chi connectivity index (χ0n) is 7.42. The van der Waals surface area contributed by atoms with Crippen LogP contribution in [-0.2, 0) is 4.74 Å². The van der Waals surface area contributed by atoms with Crippen molar-refractivity contribution in [1.82, 2.24) is 0 Å². The van der Waals surface area contributed by atoms with Crippen molar-refractivity contribution >= 4 is 0 Å². The lowest BCUT2D eigenvalue weighted by Gasteiger charge is -2.17. The van der Waals surface area contributed by atoms with Crippen LogP contribution in [0.4, 0.5) is 0 Å². The van der Waals surface area contributed by atoms with E-state index >= 15 is 0 Å². The smallest absolute Gasteiger partial charge is 0.0569 e. The Bertz CT molecular complexity index is 114. The Morgan fingerprint density at radius 3 is 2.73 bits per heavy atom. The van der Waals surface area contributed by atoms with Crippen LogP contribution in [0.5, 0.6) is 0 Å². The van der Waals surface area contributed by atoms with Gasteiger partial charge in [0.1, 0.15) is 0 Å². The van der Waals surface area contributed by atoms with E-state index in [0.717, 1.165) is 12.8 Å². The van der Waals surface area contributed by atoms with E-state index in [-0.39, 0.29) is 6.10 Å². The lowest BCUT2D eigenvalue weighted by Crippen LogP contribution is -2.19. The topological polar surface area (TPSA) is 29.5 Å².